The quantitative estimate of drug-likeness (QED) is 0.792. The van der Waals surface area contributed by atoms with Gasteiger partial charge in [0.25, 0.3) is 0 Å². The highest BCUT2D eigenvalue weighted by atomic mass is 16.3. The summed E-state index contributed by atoms with van der Waals surface area (Å²) in [5.41, 5.74) is 0. The Morgan fingerprint density at radius 3 is 2.29 bits per heavy atom. The predicted molar refractivity (Wildman–Crippen MR) is 68.9 cm³/mol. The Hall–Kier alpha value is -0.120. The van der Waals surface area contributed by atoms with E-state index in [0.29, 0.717) is 6.61 Å². The average molecular weight is 238 g/mol. The van der Waals surface area contributed by atoms with E-state index in [1.807, 2.05) is 0 Å². The van der Waals surface area contributed by atoms with Crippen LogP contribution in [0.5, 0.6) is 0 Å². The van der Waals surface area contributed by atoms with Crippen molar-refractivity contribution in [2.45, 2.75) is 25.7 Å². The molecule has 1 saturated heterocycles. The van der Waals surface area contributed by atoms with Crippen LogP contribution in [0.1, 0.15) is 25.7 Å². The van der Waals surface area contributed by atoms with Gasteiger partial charge < -0.3 is 10.0 Å². The van der Waals surface area contributed by atoms with Crippen LogP contribution in [0.25, 0.3) is 0 Å². The molecule has 3 aliphatic rings. The molecule has 3 rings (SSSR count). The van der Waals surface area contributed by atoms with E-state index in [1.165, 1.54) is 45.3 Å². The molecule has 3 nitrogen and oxygen atoms in total. The standard InChI is InChI=1S/C14H26N2O/c17-8-7-15-3-5-16(6-4-15)11-14-10-12-1-2-13(14)9-12/h12-14,17H,1-11H2. The maximum absolute atomic E-state index is 8.93. The number of hydrogen-bond acceptors (Lipinski definition) is 3. The van der Waals surface area contributed by atoms with Gasteiger partial charge in [0.05, 0.1) is 6.61 Å². The lowest BCUT2D eigenvalue weighted by molar-refractivity contribution is 0.0927. The van der Waals surface area contributed by atoms with Gasteiger partial charge in [0.15, 0.2) is 0 Å². The van der Waals surface area contributed by atoms with Crippen molar-refractivity contribution in [1.82, 2.24) is 9.80 Å². The minimum absolute atomic E-state index is 0.312. The Kier molecular flexibility index (Phi) is 3.69. The zero-order valence-electron chi connectivity index (χ0n) is 10.9. The number of nitrogens with zero attached hydrogens (tertiary/aromatic N) is 2. The van der Waals surface area contributed by atoms with Gasteiger partial charge in [-0.3, -0.25) is 4.90 Å². The molecule has 0 radical (unpaired) electrons. The lowest BCUT2D eigenvalue weighted by Gasteiger charge is -2.37. The van der Waals surface area contributed by atoms with Gasteiger partial charge in [0.2, 0.25) is 0 Å². The first-order valence-corrected chi connectivity index (χ1v) is 7.40. The van der Waals surface area contributed by atoms with Crippen LogP contribution >= 0.6 is 0 Å². The van der Waals surface area contributed by atoms with Crippen LogP contribution in [-0.4, -0.2) is 60.8 Å². The molecule has 0 aromatic heterocycles. The number of fused-ring (bicyclic) bond motifs is 2. The second kappa shape index (κ2) is 5.25. The molecule has 3 heteroatoms. The molecule has 3 atom stereocenters. The van der Waals surface area contributed by atoms with Crippen molar-refractivity contribution in [3.63, 3.8) is 0 Å². The van der Waals surface area contributed by atoms with Crippen molar-refractivity contribution in [2.24, 2.45) is 17.8 Å². The van der Waals surface area contributed by atoms with E-state index in [1.54, 1.807) is 0 Å². The highest BCUT2D eigenvalue weighted by Gasteiger charge is 2.40. The first-order valence-electron chi connectivity index (χ1n) is 7.40. The Bertz CT molecular complexity index is 251. The SMILES string of the molecule is OCCN1CCN(CC2CC3CCC2C3)CC1. The van der Waals surface area contributed by atoms with E-state index < -0.39 is 0 Å². The molecule has 0 amide bonds. The van der Waals surface area contributed by atoms with Gasteiger partial charge in [-0.2, -0.15) is 0 Å². The molecule has 2 saturated carbocycles. The molecule has 0 aromatic carbocycles. The van der Waals surface area contributed by atoms with Gasteiger partial charge in [-0.1, -0.05) is 6.42 Å². The van der Waals surface area contributed by atoms with Crippen molar-refractivity contribution in [1.29, 1.82) is 0 Å². The Labute approximate surface area is 105 Å². The first kappa shape index (κ1) is 11.9. The molecular weight excluding hydrogens is 212 g/mol. The monoisotopic (exact) mass is 238 g/mol. The molecular formula is C14H26N2O. The summed E-state index contributed by atoms with van der Waals surface area (Å²) < 4.78 is 0. The summed E-state index contributed by atoms with van der Waals surface area (Å²) in [5.74, 6) is 3.16. The van der Waals surface area contributed by atoms with Crippen LogP contribution in [0.4, 0.5) is 0 Å². The second-order valence-corrected chi connectivity index (χ2v) is 6.30. The zero-order valence-corrected chi connectivity index (χ0v) is 10.9. The normalized spacial score (nSPS) is 39.0. The molecule has 0 aromatic rings. The van der Waals surface area contributed by atoms with E-state index in [-0.39, 0.29) is 0 Å². The molecule has 3 fully saturated rings. The third-order valence-corrected chi connectivity index (χ3v) is 5.26. The number of hydrogen-bond donors (Lipinski definition) is 1. The van der Waals surface area contributed by atoms with Gasteiger partial charge >= 0.3 is 0 Å². The van der Waals surface area contributed by atoms with E-state index in [4.69, 9.17) is 5.11 Å². The molecule has 3 unspecified atom stereocenters. The lowest BCUT2D eigenvalue weighted by atomic mass is 9.88. The van der Waals surface area contributed by atoms with Crippen LogP contribution in [0.3, 0.4) is 0 Å². The fourth-order valence-electron chi connectivity index (χ4n) is 4.27. The summed E-state index contributed by atoms with van der Waals surface area (Å²) >= 11 is 0. The number of β-amino-alcohol motifs (C(OH)–C–C–N with tert-alkyl or cyclic N) is 1. The Morgan fingerprint density at radius 1 is 0.941 bits per heavy atom. The lowest BCUT2D eigenvalue weighted by Crippen LogP contribution is -2.48. The zero-order chi connectivity index (χ0) is 11.7. The second-order valence-electron chi connectivity index (χ2n) is 6.30. The minimum Gasteiger partial charge on any atom is -0.395 e. The fourth-order valence-corrected chi connectivity index (χ4v) is 4.27. The molecule has 17 heavy (non-hydrogen) atoms. The van der Waals surface area contributed by atoms with Gasteiger partial charge in [-0.25, -0.2) is 0 Å². The van der Waals surface area contributed by atoms with Gasteiger partial charge in [-0.15, -0.1) is 0 Å². The van der Waals surface area contributed by atoms with E-state index in [2.05, 4.69) is 9.80 Å². The Balaban J connectivity index is 1.42. The van der Waals surface area contributed by atoms with Crippen LogP contribution < -0.4 is 0 Å². The molecule has 0 spiro atoms. The number of piperazine rings is 1. The maximum Gasteiger partial charge on any atom is 0.0558 e. The summed E-state index contributed by atoms with van der Waals surface area (Å²) in [6, 6.07) is 0. The molecule has 1 heterocycles. The van der Waals surface area contributed by atoms with Crippen molar-refractivity contribution in [3.05, 3.63) is 0 Å². The summed E-state index contributed by atoms with van der Waals surface area (Å²) in [6.45, 7) is 7.27. The van der Waals surface area contributed by atoms with Crippen LogP contribution in [0.2, 0.25) is 0 Å². The number of aliphatic hydroxyl groups is 1. The maximum atomic E-state index is 8.93. The predicted octanol–water partition coefficient (Wildman–Crippen LogP) is 1.03. The number of aliphatic hydroxyl groups excluding tert-OH is 1. The van der Waals surface area contributed by atoms with Crippen LogP contribution in [-0.2, 0) is 0 Å². The summed E-state index contributed by atoms with van der Waals surface area (Å²) in [4.78, 5) is 5.05. The molecule has 2 bridgehead atoms. The van der Waals surface area contributed by atoms with Gasteiger partial charge in [0, 0.05) is 39.3 Å². The summed E-state index contributed by atoms with van der Waals surface area (Å²) in [7, 11) is 0. The fraction of sp³-hybridized carbons (Fsp3) is 1.00. The van der Waals surface area contributed by atoms with E-state index in [0.717, 1.165) is 37.4 Å². The van der Waals surface area contributed by atoms with E-state index >= 15 is 0 Å². The highest BCUT2D eigenvalue weighted by molar-refractivity contribution is 4.91. The van der Waals surface area contributed by atoms with Crippen molar-refractivity contribution < 1.29 is 5.11 Å². The highest BCUT2D eigenvalue weighted by Crippen LogP contribution is 2.48. The Morgan fingerprint density at radius 2 is 1.71 bits per heavy atom. The summed E-state index contributed by atoms with van der Waals surface area (Å²) in [6.07, 6.45) is 6.09. The smallest absolute Gasteiger partial charge is 0.0558 e. The topological polar surface area (TPSA) is 26.7 Å². The summed E-state index contributed by atoms with van der Waals surface area (Å²) in [5, 5.41) is 8.93. The largest absolute Gasteiger partial charge is 0.395 e. The van der Waals surface area contributed by atoms with Crippen molar-refractivity contribution in [3.8, 4) is 0 Å². The van der Waals surface area contributed by atoms with Crippen LogP contribution in [0.15, 0.2) is 0 Å². The third-order valence-electron chi connectivity index (χ3n) is 5.26. The van der Waals surface area contributed by atoms with Gasteiger partial charge in [0.1, 0.15) is 0 Å². The number of rotatable bonds is 4. The third kappa shape index (κ3) is 2.67. The molecule has 1 aliphatic heterocycles. The molecule has 98 valence electrons. The van der Waals surface area contributed by atoms with Crippen molar-refractivity contribution in [2.75, 3.05) is 45.9 Å². The minimum atomic E-state index is 0.312. The first-order chi connectivity index (χ1) is 8.35. The van der Waals surface area contributed by atoms with Crippen LogP contribution in [0, 0.1) is 17.8 Å². The van der Waals surface area contributed by atoms with Gasteiger partial charge in [-0.05, 0) is 37.0 Å². The van der Waals surface area contributed by atoms with Crippen molar-refractivity contribution >= 4 is 0 Å². The molecule has 2 aliphatic carbocycles. The van der Waals surface area contributed by atoms with E-state index in [9.17, 15) is 0 Å². The average Bonchev–Trinajstić information content (AvgIpc) is 2.94. The molecule has 1 N–H and O–H groups in total.